The molecule has 8 nitrogen and oxygen atoms in total. The van der Waals surface area contributed by atoms with Gasteiger partial charge >= 0.3 is 0 Å². The molecule has 0 aromatic heterocycles. The molecule has 0 radical (unpaired) electrons. The summed E-state index contributed by atoms with van der Waals surface area (Å²) in [7, 11) is -1.47. The third kappa shape index (κ3) is 10.3. The van der Waals surface area contributed by atoms with E-state index in [1.165, 1.54) is 10.6 Å². The van der Waals surface area contributed by atoms with Crippen molar-refractivity contribution in [2.45, 2.75) is 40.2 Å². The first kappa shape index (κ1) is 26.2. The summed E-state index contributed by atoms with van der Waals surface area (Å²) in [5.74, 6) is 1.54. The molecule has 172 valence electrons. The molecule has 0 aliphatic heterocycles. The van der Waals surface area contributed by atoms with Crippen LogP contribution in [0.3, 0.4) is 0 Å². The minimum Gasteiger partial charge on any atom is -0.493 e. The van der Waals surface area contributed by atoms with E-state index in [9.17, 15) is 8.42 Å². The molecule has 0 unspecified atom stereocenters. The molecule has 30 heavy (non-hydrogen) atoms. The van der Waals surface area contributed by atoms with Gasteiger partial charge < -0.3 is 20.1 Å². The molecule has 1 aromatic carbocycles. The number of hydrogen-bond donors (Lipinski definition) is 2. The van der Waals surface area contributed by atoms with Gasteiger partial charge in [-0.25, -0.2) is 17.7 Å². The SMILES string of the molecule is CCNC(=NCc1ccc(C)cc1OCCCOC)NCCCN(CC)S(C)(=O)=O. The number of rotatable bonds is 14. The fraction of sp³-hybridized carbons (Fsp3) is 0.667. The Morgan fingerprint density at radius 2 is 1.93 bits per heavy atom. The van der Waals surface area contributed by atoms with Crippen LogP contribution in [0, 0.1) is 6.92 Å². The number of methoxy groups -OCH3 is 1. The van der Waals surface area contributed by atoms with E-state index in [1.54, 1.807) is 7.11 Å². The van der Waals surface area contributed by atoms with Crippen molar-refractivity contribution in [3.05, 3.63) is 29.3 Å². The zero-order valence-electron chi connectivity index (χ0n) is 19.0. The fourth-order valence-electron chi connectivity index (χ4n) is 2.84. The monoisotopic (exact) mass is 442 g/mol. The Morgan fingerprint density at radius 1 is 1.17 bits per heavy atom. The Bertz CT molecular complexity index is 753. The second-order valence-electron chi connectivity index (χ2n) is 7.04. The zero-order chi connectivity index (χ0) is 22.4. The Balaban J connectivity index is 2.67. The molecule has 0 spiro atoms. The lowest BCUT2D eigenvalue weighted by Gasteiger charge is -2.18. The molecule has 9 heteroatoms. The van der Waals surface area contributed by atoms with Gasteiger partial charge in [-0.05, 0) is 31.9 Å². The second kappa shape index (κ2) is 14.2. The van der Waals surface area contributed by atoms with Gasteiger partial charge in [0, 0.05) is 51.9 Å². The lowest BCUT2D eigenvalue weighted by Crippen LogP contribution is -2.39. The summed E-state index contributed by atoms with van der Waals surface area (Å²) in [4.78, 5) is 4.66. The molecule has 0 fully saturated rings. The molecule has 0 atom stereocenters. The minimum absolute atomic E-state index is 0.480. The average molecular weight is 443 g/mol. The van der Waals surface area contributed by atoms with Crippen LogP contribution in [-0.4, -0.2) is 71.4 Å². The van der Waals surface area contributed by atoms with Gasteiger partial charge in [0.05, 0.1) is 19.4 Å². The van der Waals surface area contributed by atoms with E-state index < -0.39 is 10.0 Å². The van der Waals surface area contributed by atoms with Crippen LogP contribution in [0.4, 0.5) is 0 Å². The van der Waals surface area contributed by atoms with Crippen LogP contribution < -0.4 is 15.4 Å². The highest BCUT2D eigenvalue weighted by Crippen LogP contribution is 2.21. The maximum atomic E-state index is 11.7. The van der Waals surface area contributed by atoms with Crippen molar-refractivity contribution in [2.24, 2.45) is 4.99 Å². The van der Waals surface area contributed by atoms with E-state index in [0.29, 0.717) is 51.8 Å². The molecule has 2 N–H and O–H groups in total. The Kier molecular flexibility index (Phi) is 12.4. The molecule has 0 bridgehead atoms. The van der Waals surface area contributed by atoms with Crippen LogP contribution in [-0.2, 0) is 21.3 Å². The molecular formula is C21H38N4O4S. The number of guanidine groups is 1. The highest BCUT2D eigenvalue weighted by molar-refractivity contribution is 7.88. The Morgan fingerprint density at radius 3 is 2.57 bits per heavy atom. The van der Waals surface area contributed by atoms with E-state index in [2.05, 4.69) is 21.7 Å². The standard InChI is InChI=1S/C21H38N4O4S/c1-6-22-21(23-12-8-13-25(7-2)30(5,26)27)24-17-19-11-10-18(3)16-20(19)29-15-9-14-28-4/h10-11,16H,6-9,12-15,17H2,1-5H3,(H2,22,23,24). The first-order valence-corrected chi connectivity index (χ1v) is 12.3. The van der Waals surface area contributed by atoms with Crippen LogP contribution in [0.5, 0.6) is 5.75 Å². The van der Waals surface area contributed by atoms with E-state index in [1.807, 2.05) is 32.9 Å². The number of aryl methyl sites for hydroxylation is 1. The number of nitrogens with one attached hydrogen (secondary N) is 2. The van der Waals surface area contributed by atoms with E-state index in [-0.39, 0.29) is 0 Å². The average Bonchev–Trinajstić information content (AvgIpc) is 2.69. The summed E-state index contributed by atoms with van der Waals surface area (Å²) in [5, 5.41) is 6.50. The van der Waals surface area contributed by atoms with Gasteiger partial charge in [-0.1, -0.05) is 19.1 Å². The van der Waals surface area contributed by atoms with Gasteiger partial charge in [0.25, 0.3) is 0 Å². The topological polar surface area (TPSA) is 92.3 Å². The summed E-state index contributed by atoms with van der Waals surface area (Å²) in [5.41, 5.74) is 2.16. The normalized spacial score (nSPS) is 12.3. The molecule has 0 aliphatic rings. The number of ether oxygens (including phenoxy) is 2. The number of nitrogens with zero attached hydrogens (tertiary/aromatic N) is 2. The molecule has 1 aromatic rings. The van der Waals surface area contributed by atoms with E-state index in [4.69, 9.17) is 9.47 Å². The van der Waals surface area contributed by atoms with Gasteiger partial charge in [0.15, 0.2) is 5.96 Å². The molecular weight excluding hydrogens is 404 g/mol. The lowest BCUT2D eigenvalue weighted by molar-refractivity contribution is 0.172. The minimum atomic E-state index is -3.15. The van der Waals surface area contributed by atoms with Gasteiger partial charge in [-0.3, -0.25) is 0 Å². The number of sulfonamides is 1. The van der Waals surface area contributed by atoms with E-state index >= 15 is 0 Å². The van der Waals surface area contributed by atoms with Crippen LogP contribution in [0.1, 0.15) is 37.8 Å². The lowest BCUT2D eigenvalue weighted by atomic mass is 10.1. The molecule has 0 saturated carbocycles. The molecule has 0 heterocycles. The first-order valence-electron chi connectivity index (χ1n) is 10.5. The summed E-state index contributed by atoms with van der Waals surface area (Å²) in [6.45, 7) is 9.98. The van der Waals surface area contributed by atoms with Crippen LogP contribution in [0.15, 0.2) is 23.2 Å². The molecule has 0 aliphatic carbocycles. The van der Waals surface area contributed by atoms with Crippen molar-refractivity contribution in [3.63, 3.8) is 0 Å². The third-order valence-electron chi connectivity index (χ3n) is 4.42. The maximum absolute atomic E-state index is 11.7. The fourth-order valence-corrected chi connectivity index (χ4v) is 3.77. The number of hydrogen-bond acceptors (Lipinski definition) is 5. The van der Waals surface area contributed by atoms with Crippen molar-refractivity contribution in [2.75, 3.05) is 52.8 Å². The molecule has 0 saturated heterocycles. The van der Waals surface area contributed by atoms with Crippen molar-refractivity contribution in [3.8, 4) is 5.75 Å². The van der Waals surface area contributed by atoms with Crippen LogP contribution in [0.2, 0.25) is 0 Å². The predicted octanol–water partition coefficient (Wildman–Crippen LogP) is 2.14. The first-order chi connectivity index (χ1) is 14.3. The number of aliphatic imine (C=N–C) groups is 1. The van der Waals surface area contributed by atoms with Gasteiger partial charge in [0.1, 0.15) is 5.75 Å². The van der Waals surface area contributed by atoms with Crippen molar-refractivity contribution >= 4 is 16.0 Å². The van der Waals surface area contributed by atoms with Crippen LogP contribution >= 0.6 is 0 Å². The third-order valence-corrected chi connectivity index (χ3v) is 5.80. The summed E-state index contributed by atoms with van der Waals surface area (Å²) < 4.78 is 35.8. The number of benzene rings is 1. The smallest absolute Gasteiger partial charge is 0.211 e. The van der Waals surface area contributed by atoms with Crippen molar-refractivity contribution < 1.29 is 17.9 Å². The summed E-state index contributed by atoms with van der Waals surface area (Å²) >= 11 is 0. The quantitative estimate of drug-likeness (QED) is 0.261. The predicted molar refractivity (Wildman–Crippen MR) is 123 cm³/mol. The highest BCUT2D eigenvalue weighted by Gasteiger charge is 2.13. The molecule has 1 rings (SSSR count). The largest absolute Gasteiger partial charge is 0.493 e. The van der Waals surface area contributed by atoms with Crippen molar-refractivity contribution in [1.29, 1.82) is 0 Å². The molecule has 0 amide bonds. The Hall–Kier alpha value is -1.84. The summed E-state index contributed by atoms with van der Waals surface area (Å²) in [6.07, 6.45) is 2.77. The zero-order valence-corrected chi connectivity index (χ0v) is 19.8. The summed E-state index contributed by atoms with van der Waals surface area (Å²) in [6, 6.07) is 6.12. The van der Waals surface area contributed by atoms with E-state index in [0.717, 1.165) is 29.8 Å². The van der Waals surface area contributed by atoms with Crippen molar-refractivity contribution in [1.82, 2.24) is 14.9 Å². The van der Waals surface area contributed by atoms with Gasteiger partial charge in [-0.15, -0.1) is 0 Å². The Labute approximate surface area is 182 Å². The van der Waals surface area contributed by atoms with Gasteiger partial charge in [0.2, 0.25) is 10.0 Å². The maximum Gasteiger partial charge on any atom is 0.211 e. The highest BCUT2D eigenvalue weighted by atomic mass is 32.2. The van der Waals surface area contributed by atoms with Gasteiger partial charge in [-0.2, -0.15) is 0 Å². The van der Waals surface area contributed by atoms with Crippen LogP contribution in [0.25, 0.3) is 0 Å². The second-order valence-corrected chi connectivity index (χ2v) is 9.02.